The van der Waals surface area contributed by atoms with Crippen LogP contribution in [0.5, 0.6) is 0 Å². The van der Waals surface area contributed by atoms with E-state index < -0.39 is 0 Å². The Morgan fingerprint density at radius 2 is 2.36 bits per heavy atom. The van der Waals surface area contributed by atoms with Crippen LogP contribution in [0.15, 0.2) is 0 Å². The molecule has 0 spiro atoms. The van der Waals surface area contributed by atoms with Gasteiger partial charge in [-0.05, 0) is 12.3 Å². The first-order valence-electron chi connectivity index (χ1n) is 4.56. The molecule has 0 N–H and O–H groups in total. The van der Waals surface area contributed by atoms with Gasteiger partial charge in [-0.2, -0.15) is 0 Å². The monoisotopic (exact) mass is 158 g/mol. The van der Waals surface area contributed by atoms with Crippen molar-refractivity contribution in [2.45, 2.75) is 39.4 Å². The van der Waals surface area contributed by atoms with Crippen molar-refractivity contribution in [3.05, 3.63) is 0 Å². The molecule has 1 heterocycles. The van der Waals surface area contributed by atoms with Crippen molar-refractivity contribution in [1.29, 1.82) is 0 Å². The second kappa shape index (κ2) is 4.73. The van der Waals surface area contributed by atoms with E-state index in [-0.39, 0.29) is 6.29 Å². The van der Waals surface area contributed by atoms with E-state index in [9.17, 15) is 0 Å². The number of ether oxygens (including phenoxy) is 2. The maximum atomic E-state index is 5.49. The van der Waals surface area contributed by atoms with Gasteiger partial charge in [0, 0.05) is 13.0 Å². The fourth-order valence-electron chi connectivity index (χ4n) is 1.21. The Labute approximate surface area is 68.9 Å². The third kappa shape index (κ3) is 3.21. The molecule has 0 aromatic heterocycles. The van der Waals surface area contributed by atoms with Crippen molar-refractivity contribution < 1.29 is 9.47 Å². The Morgan fingerprint density at radius 3 is 2.91 bits per heavy atom. The average molecular weight is 158 g/mol. The number of unbranched alkanes of at least 4 members (excludes halogenated alkanes) is 1. The molecule has 1 aliphatic rings. The Bertz CT molecular complexity index is 104. The van der Waals surface area contributed by atoms with Gasteiger partial charge in [-0.25, -0.2) is 0 Å². The summed E-state index contributed by atoms with van der Waals surface area (Å²) in [4.78, 5) is 0. The van der Waals surface area contributed by atoms with E-state index in [1.165, 1.54) is 6.42 Å². The van der Waals surface area contributed by atoms with Gasteiger partial charge in [-0.15, -0.1) is 0 Å². The van der Waals surface area contributed by atoms with Crippen molar-refractivity contribution >= 4 is 0 Å². The Balaban J connectivity index is 1.99. The number of hydrogen-bond donors (Lipinski definition) is 0. The Hall–Kier alpha value is -0.0800. The van der Waals surface area contributed by atoms with E-state index in [0.717, 1.165) is 26.1 Å². The molecule has 0 radical (unpaired) electrons. The molecule has 66 valence electrons. The maximum absolute atomic E-state index is 5.49. The van der Waals surface area contributed by atoms with Gasteiger partial charge in [0.2, 0.25) is 0 Å². The van der Waals surface area contributed by atoms with Crippen LogP contribution in [0.4, 0.5) is 0 Å². The molecule has 0 aliphatic carbocycles. The van der Waals surface area contributed by atoms with Gasteiger partial charge in [0.1, 0.15) is 0 Å². The van der Waals surface area contributed by atoms with Crippen LogP contribution in [-0.2, 0) is 9.47 Å². The van der Waals surface area contributed by atoms with E-state index in [0.29, 0.717) is 5.92 Å². The summed E-state index contributed by atoms with van der Waals surface area (Å²) in [5.41, 5.74) is 0. The first-order chi connectivity index (χ1) is 5.33. The van der Waals surface area contributed by atoms with E-state index >= 15 is 0 Å². The van der Waals surface area contributed by atoms with Crippen LogP contribution in [-0.4, -0.2) is 19.5 Å². The predicted octanol–water partition coefficient (Wildman–Crippen LogP) is 2.19. The first kappa shape index (κ1) is 9.01. The highest BCUT2D eigenvalue weighted by atomic mass is 16.7. The van der Waals surface area contributed by atoms with E-state index in [1.54, 1.807) is 0 Å². The van der Waals surface area contributed by atoms with E-state index in [1.807, 2.05) is 0 Å². The molecule has 0 amide bonds. The van der Waals surface area contributed by atoms with Crippen molar-refractivity contribution in [1.82, 2.24) is 0 Å². The van der Waals surface area contributed by atoms with E-state index in [2.05, 4.69) is 13.8 Å². The third-order valence-electron chi connectivity index (χ3n) is 1.96. The fraction of sp³-hybridized carbons (Fsp3) is 1.00. The minimum absolute atomic E-state index is 0.0940. The molecule has 0 unspecified atom stereocenters. The largest absolute Gasteiger partial charge is 0.353 e. The molecular weight excluding hydrogens is 140 g/mol. The highest BCUT2D eigenvalue weighted by Gasteiger charge is 2.21. The standard InChI is InChI=1S/C9H18O2/c1-3-4-5-10-9-6-8(2)7-11-9/h8-9H,3-7H2,1-2H3/t8-,9+/m0/s1. The molecule has 1 rings (SSSR count). The normalized spacial score (nSPS) is 31.1. The summed E-state index contributed by atoms with van der Waals surface area (Å²) < 4.78 is 10.9. The lowest BCUT2D eigenvalue weighted by atomic mass is 10.1. The Morgan fingerprint density at radius 1 is 1.55 bits per heavy atom. The minimum Gasteiger partial charge on any atom is -0.353 e. The highest BCUT2D eigenvalue weighted by Crippen LogP contribution is 2.19. The molecule has 2 atom stereocenters. The van der Waals surface area contributed by atoms with Gasteiger partial charge in [0.05, 0.1) is 6.61 Å². The Kier molecular flexibility index (Phi) is 3.87. The van der Waals surface area contributed by atoms with Crippen molar-refractivity contribution in [2.24, 2.45) is 5.92 Å². The maximum Gasteiger partial charge on any atom is 0.157 e. The minimum atomic E-state index is 0.0940. The van der Waals surface area contributed by atoms with Crippen LogP contribution < -0.4 is 0 Å². The number of hydrogen-bond acceptors (Lipinski definition) is 2. The summed E-state index contributed by atoms with van der Waals surface area (Å²) in [6, 6.07) is 0. The average Bonchev–Trinajstić information content (AvgIpc) is 2.37. The van der Waals surface area contributed by atoms with Crippen molar-refractivity contribution in [3.63, 3.8) is 0 Å². The fourth-order valence-corrected chi connectivity index (χ4v) is 1.21. The van der Waals surface area contributed by atoms with Crippen LogP contribution in [0.3, 0.4) is 0 Å². The second-order valence-electron chi connectivity index (χ2n) is 3.33. The zero-order chi connectivity index (χ0) is 8.10. The zero-order valence-corrected chi connectivity index (χ0v) is 7.51. The number of rotatable bonds is 4. The first-order valence-corrected chi connectivity index (χ1v) is 4.56. The smallest absolute Gasteiger partial charge is 0.157 e. The second-order valence-corrected chi connectivity index (χ2v) is 3.33. The zero-order valence-electron chi connectivity index (χ0n) is 7.51. The van der Waals surface area contributed by atoms with Gasteiger partial charge in [-0.3, -0.25) is 0 Å². The van der Waals surface area contributed by atoms with Crippen LogP contribution in [0, 0.1) is 5.92 Å². The lowest BCUT2D eigenvalue weighted by molar-refractivity contribution is -0.111. The van der Waals surface area contributed by atoms with Gasteiger partial charge < -0.3 is 9.47 Å². The van der Waals surface area contributed by atoms with Gasteiger partial charge in [0.15, 0.2) is 6.29 Å². The molecule has 1 fully saturated rings. The highest BCUT2D eigenvalue weighted by molar-refractivity contribution is 4.62. The summed E-state index contributed by atoms with van der Waals surface area (Å²) in [7, 11) is 0. The molecule has 0 aromatic rings. The van der Waals surface area contributed by atoms with Gasteiger partial charge in [0.25, 0.3) is 0 Å². The molecule has 11 heavy (non-hydrogen) atoms. The molecule has 1 saturated heterocycles. The van der Waals surface area contributed by atoms with Crippen LogP contribution in [0.2, 0.25) is 0 Å². The van der Waals surface area contributed by atoms with E-state index in [4.69, 9.17) is 9.47 Å². The summed E-state index contributed by atoms with van der Waals surface area (Å²) in [6.07, 6.45) is 3.51. The molecule has 0 aromatic carbocycles. The van der Waals surface area contributed by atoms with Crippen LogP contribution in [0.25, 0.3) is 0 Å². The van der Waals surface area contributed by atoms with Gasteiger partial charge >= 0.3 is 0 Å². The summed E-state index contributed by atoms with van der Waals surface area (Å²) in [5.74, 6) is 0.682. The van der Waals surface area contributed by atoms with Crippen LogP contribution in [0.1, 0.15) is 33.1 Å². The van der Waals surface area contributed by atoms with Crippen LogP contribution >= 0.6 is 0 Å². The summed E-state index contributed by atoms with van der Waals surface area (Å²) in [6.45, 7) is 6.09. The molecule has 0 bridgehead atoms. The predicted molar refractivity (Wildman–Crippen MR) is 44.4 cm³/mol. The molecule has 1 aliphatic heterocycles. The van der Waals surface area contributed by atoms with Crippen molar-refractivity contribution in [3.8, 4) is 0 Å². The summed E-state index contributed by atoms with van der Waals surface area (Å²) >= 11 is 0. The SMILES string of the molecule is CCCCO[C@H]1C[C@H](C)CO1. The van der Waals surface area contributed by atoms with Gasteiger partial charge in [-0.1, -0.05) is 20.3 Å². The third-order valence-corrected chi connectivity index (χ3v) is 1.96. The molecular formula is C9H18O2. The lowest BCUT2D eigenvalue weighted by Gasteiger charge is -2.09. The lowest BCUT2D eigenvalue weighted by Crippen LogP contribution is -2.11. The van der Waals surface area contributed by atoms with Crippen molar-refractivity contribution in [2.75, 3.05) is 13.2 Å². The summed E-state index contributed by atoms with van der Waals surface area (Å²) in [5, 5.41) is 0. The quantitative estimate of drug-likeness (QED) is 0.584. The molecule has 2 nitrogen and oxygen atoms in total. The molecule has 0 saturated carbocycles. The molecule has 2 heteroatoms. The topological polar surface area (TPSA) is 18.5 Å².